The second kappa shape index (κ2) is 5.66. The molecular formula is C15H20ClN3. The van der Waals surface area contributed by atoms with Gasteiger partial charge in [0.05, 0.1) is 0 Å². The molecule has 1 aromatic carbocycles. The number of hydrogen-bond donors (Lipinski definition) is 1. The van der Waals surface area contributed by atoms with E-state index in [1.54, 1.807) is 0 Å². The Morgan fingerprint density at radius 3 is 2.63 bits per heavy atom. The van der Waals surface area contributed by atoms with E-state index in [1.807, 2.05) is 25.1 Å². The minimum absolute atomic E-state index is 0.728. The van der Waals surface area contributed by atoms with Crippen LogP contribution in [-0.2, 0) is 13.0 Å². The zero-order valence-electron chi connectivity index (χ0n) is 11.7. The Labute approximate surface area is 119 Å². The van der Waals surface area contributed by atoms with Gasteiger partial charge in [0.25, 0.3) is 0 Å². The largest absolute Gasteiger partial charge is 0.383 e. The smallest absolute Gasteiger partial charge is 0.131 e. The van der Waals surface area contributed by atoms with E-state index < -0.39 is 0 Å². The van der Waals surface area contributed by atoms with Crippen LogP contribution in [0.15, 0.2) is 18.2 Å². The molecular weight excluding hydrogens is 258 g/mol. The van der Waals surface area contributed by atoms with Crippen molar-refractivity contribution in [3.8, 4) is 11.3 Å². The highest BCUT2D eigenvalue weighted by molar-refractivity contribution is 6.31. The molecule has 0 amide bonds. The Bertz CT molecular complexity index is 587. The van der Waals surface area contributed by atoms with Gasteiger partial charge in [-0.05, 0) is 31.9 Å². The Morgan fingerprint density at radius 1 is 1.32 bits per heavy atom. The number of rotatable bonds is 4. The van der Waals surface area contributed by atoms with Crippen molar-refractivity contribution >= 4 is 17.4 Å². The van der Waals surface area contributed by atoms with E-state index in [4.69, 9.17) is 22.3 Å². The highest BCUT2D eigenvalue weighted by Crippen LogP contribution is 2.30. The lowest BCUT2D eigenvalue weighted by Gasteiger charge is -2.06. The lowest BCUT2D eigenvalue weighted by molar-refractivity contribution is 0.690. The van der Waals surface area contributed by atoms with E-state index in [1.165, 1.54) is 0 Å². The average Bonchev–Trinajstić information content (AvgIpc) is 2.70. The van der Waals surface area contributed by atoms with Crippen LogP contribution in [-0.4, -0.2) is 9.55 Å². The van der Waals surface area contributed by atoms with Crippen molar-refractivity contribution in [2.45, 2.75) is 40.2 Å². The summed E-state index contributed by atoms with van der Waals surface area (Å²) in [5, 5.41) is 0.750. The number of anilines is 1. The summed E-state index contributed by atoms with van der Waals surface area (Å²) in [6, 6.07) is 5.96. The first-order valence-electron chi connectivity index (χ1n) is 6.69. The van der Waals surface area contributed by atoms with Crippen LogP contribution in [0.4, 0.5) is 5.82 Å². The molecule has 4 heteroatoms. The fraction of sp³-hybridized carbons (Fsp3) is 0.400. The van der Waals surface area contributed by atoms with E-state index in [2.05, 4.69) is 18.4 Å². The maximum Gasteiger partial charge on any atom is 0.131 e. The number of benzene rings is 1. The Hall–Kier alpha value is -1.48. The molecule has 0 atom stereocenters. The summed E-state index contributed by atoms with van der Waals surface area (Å²) in [6.07, 6.45) is 2.00. The fourth-order valence-electron chi connectivity index (χ4n) is 2.23. The van der Waals surface area contributed by atoms with Gasteiger partial charge in [0.1, 0.15) is 17.3 Å². The van der Waals surface area contributed by atoms with Gasteiger partial charge < -0.3 is 10.3 Å². The molecule has 2 aromatic rings. The lowest BCUT2D eigenvalue weighted by Crippen LogP contribution is -2.05. The zero-order valence-corrected chi connectivity index (χ0v) is 12.5. The topological polar surface area (TPSA) is 43.8 Å². The number of imidazole rings is 1. The number of halogens is 1. The number of nitrogen functional groups attached to an aromatic ring is 1. The van der Waals surface area contributed by atoms with E-state index >= 15 is 0 Å². The molecule has 0 saturated heterocycles. The highest BCUT2D eigenvalue weighted by Gasteiger charge is 2.15. The first kappa shape index (κ1) is 13.9. The summed E-state index contributed by atoms with van der Waals surface area (Å²) in [4.78, 5) is 4.69. The molecule has 0 unspecified atom stereocenters. The molecule has 3 nitrogen and oxygen atoms in total. The van der Waals surface area contributed by atoms with Crippen molar-refractivity contribution in [1.82, 2.24) is 9.55 Å². The van der Waals surface area contributed by atoms with Gasteiger partial charge in [0.15, 0.2) is 0 Å². The van der Waals surface area contributed by atoms with Gasteiger partial charge in [-0.1, -0.05) is 30.7 Å². The summed E-state index contributed by atoms with van der Waals surface area (Å²) in [5.74, 6) is 1.78. The molecule has 1 heterocycles. The molecule has 1 aromatic heterocycles. The van der Waals surface area contributed by atoms with Crippen molar-refractivity contribution in [3.05, 3.63) is 34.6 Å². The van der Waals surface area contributed by atoms with Crippen molar-refractivity contribution < 1.29 is 0 Å². The maximum atomic E-state index is 6.22. The number of aromatic nitrogens is 2. The Kier molecular flexibility index (Phi) is 4.15. The van der Waals surface area contributed by atoms with Crippen molar-refractivity contribution in [1.29, 1.82) is 0 Å². The van der Waals surface area contributed by atoms with Crippen LogP contribution >= 0.6 is 11.6 Å². The quantitative estimate of drug-likeness (QED) is 0.916. The van der Waals surface area contributed by atoms with Crippen molar-refractivity contribution in [3.63, 3.8) is 0 Å². The van der Waals surface area contributed by atoms with Gasteiger partial charge >= 0.3 is 0 Å². The summed E-state index contributed by atoms with van der Waals surface area (Å²) in [7, 11) is 0. The molecule has 19 heavy (non-hydrogen) atoms. The number of hydrogen-bond acceptors (Lipinski definition) is 2. The van der Waals surface area contributed by atoms with Crippen LogP contribution in [0.3, 0.4) is 0 Å². The first-order chi connectivity index (χ1) is 9.08. The van der Waals surface area contributed by atoms with Crippen LogP contribution in [0.5, 0.6) is 0 Å². The van der Waals surface area contributed by atoms with E-state index in [0.29, 0.717) is 0 Å². The van der Waals surface area contributed by atoms with E-state index in [0.717, 1.165) is 52.9 Å². The van der Waals surface area contributed by atoms with Gasteiger partial charge in [0.2, 0.25) is 0 Å². The first-order valence-corrected chi connectivity index (χ1v) is 7.07. The molecule has 0 aliphatic carbocycles. The van der Waals surface area contributed by atoms with E-state index in [-0.39, 0.29) is 0 Å². The third-order valence-electron chi connectivity index (χ3n) is 3.32. The Morgan fingerprint density at radius 2 is 2.05 bits per heavy atom. The van der Waals surface area contributed by atoms with Gasteiger partial charge in [-0.25, -0.2) is 4.98 Å². The van der Waals surface area contributed by atoms with Crippen LogP contribution < -0.4 is 5.73 Å². The normalized spacial score (nSPS) is 10.9. The van der Waals surface area contributed by atoms with Crippen LogP contribution in [0.25, 0.3) is 11.3 Å². The predicted molar refractivity (Wildman–Crippen MR) is 81.5 cm³/mol. The molecule has 0 spiro atoms. The highest BCUT2D eigenvalue weighted by atomic mass is 35.5. The summed E-state index contributed by atoms with van der Waals surface area (Å²) < 4.78 is 2.08. The minimum Gasteiger partial charge on any atom is -0.383 e. The summed E-state index contributed by atoms with van der Waals surface area (Å²) in [5.41, 5.74) is 9.11. The predicted octanol–water partition coefficient (Wildman–Crippen LogP) is 4.07. The number of nitrogens with two attached hydrogens (primary N) is 1. The Balaban J connectivity index is 2.52. The monoisotopic (exact) mass is 277 g/mol. The van der Waals surface area contributed by atoms with E-state index in [9.17, 15) is 0 Å². The zero-order chi connectivity index (χ0) is 14.0. The summed E-state index contributed by atoms with van der Waals surface area (Å²) in [6.45, 7) is 7.06. The fourth-order valence-corrected chi connectivity index (χ4v) is 2.41. The van der Waals surface area contributed by atoms with Crippen molar-refractivity contribution in [2.24, 2.45) is 0 Å². The average molecular weight is 278 g/mol. The molecule has 2 rings (SSSR count). The minimum atomic E-state index is 0.728. The second-order valence-electron chi connectivity index (χ2n) is 4.72. The van der Waals surface area contributed by atoms with Gasteiger partial charge in [-0.2, -0.15) is 0 Å². The molecule has 0 bridgehead atoms. The molecule has 0 aliphatic heterocycles. The van der Waals surface area contributed by atoms with Crippen molar-refractivity contribution in [2.75, 3.05) is 5.73 Å². The third-order valence-corrected chi connectivity index (χ3v) is 3.73. The molecule has 0 fully saturated rings. The number of aryl methyl sites for hydroxylation is 2. The van der Waals surface area contributed by atoms with Gasteiger partial charge in [-0.15, -0.1) is 0 Å². The molecule has 2 N–H and O–H groups in total. The summed E-state index contributed by atoms with van der Waals surface area (Å²) >= 11 is 6.18. The van der Waals surface area contributed by atoms with Crippen LogP contribution in [0.2, 0.25) is 5.02 Å². The molecule has 0 aliphatic rings. The van der Waals surface area contributed by atoms with Crippen LogP contribution in [0, 0.1) is 6.92 Å². The van der Waals surface area contributed by atoms with Gasteiger partial charge in [-0.3, -0.25) is 0 Å². The molecule has 0 saturated carbocycles. The maximum absolute atomic E-state index is 6.22. The van der Waals surface area contributed by atoms with Crippen LogP contribution in [0.1, 0.15) is 31.7 Å². The third kappa shape index (κ3) is 2.61. The molecule has 102 valence electrons. The molecule has 0 radical (unpaired) electrons. The number of nitrogens with zero attached hydrogens (tertiary/aromatic N) is 2. The SMILES string of the molecule is CCCc1nc(-c2ccc(C)c(Cl)c2)c(N)n1CC. The van der Waals surface area contributed by atoms with Gasteiger partial charge in [0, 0.05) is 23.6 Å². The second-order valence-corrected chi connectivity index (χ2v) is 5.13. The lowest BCUT2D eigenvalue weighted by atomic mass is 10.1. The standard InChI is InChI=1S/C15H20ClN3/c1-4-6-13-18-14(15(17)19(13)5-2)11-8-7-10(3)12(16)9-11/h7-9H,4-6,17H2,1-3H3.